The van der Waals surface area contributed by atoms with E-state index in [4.69, 9.17) is 10.1 Å². The number of aromatic nitrogens is 5. The highest BCUT2D eigenvalue weighted by molar-refractivity contribution is 6.16. The van der Waals surface area contributed by atoms with Gasteiger partial charge < -0.3 is 5.32 Å². The van der Waals surface area contributed by atoms with Gasteiger partial charge in [-0.2, -0.15) is 10.2 Å². The first-order valence-corrected chi connectivity index (χ1v) is 11.9. The maximum atomic E-state index is 13.7. The van der Waals surface area contributed by atoms with E-state index < -0.39 is 0 Å². The first kappa shape index (κ1) is 21.3. The van der Waals surface area contributed by atoms with Crippen molar-refractivity contribution < 1.29 is 4.39 Å². The molecule has 0 saturated heterocycles. The third-order valence-corrected chi connectivity index (χ3v) is 6.56. The van der Waals surface area contributed by atoms with E-state index in [0.717, 1.165) is 51.1 Å². The second-order valence-corrected chi connectivity index (χ2v) is 8.83. The van der Waals surface area contributed by atoms with Crippen molar-refractivity contribution in [3.63, 3.8) is 0 Å². The van der Waals surface area contributed by atoms with Crippen molar-refractivity contribution >= 4 is 22.8 Å². The van der Waals surface area contributed by atoms with Gasteiger partial charge in [0, 0.05) is 5.56 Å². The Balaban J connectivity index is 1.49. The van der Waals surface area contributed by atoms with Crippen LogP contribution in [0.1, 0.15) is 16.8 Å². The molecule has 0 saturated carbocycles. The van der Waals surface area contributed by atoms with Crippen LogP contribution in [0.5, 0.6) is 0 Å². The Labute approximate surface area is 212 Å². The number of anilines is 2. The Morgan fingerprint density at radius 3 is 2.49 bits per heavy atom. The van der Waals surface area contributed by atoms with E-state index in [1.165, 1.54) is 18.5 Å². The SMILES string of the molecule is Cc1nn(-c2ccccc2)c(-n2cncn2)c1C1=CC(c2ccc(F)cc2)=NC2Nc3ccccc3N12. The lowest BCUT2D eigenvalue weighted by atomic mass is 10.0. The summed E-state index contributed by atoms with van der Waals surface area (Å²) in [4.78, 5) is 11.4. The van der Waals surface area contributed by atoms with Crippen molar-refractivity contribution in [3.05, 3.63) is 120 Å². The zero-order valence-corrected chi connectivity index (χ0v) is 19.8. The Kier molecular flexibility index (Phi) is 4.75. The largest absolute Gasteiger partial charge is 0.345 e. The molecular formula is C28H21FN8. The van der Waals surface area contributed by atoms with Crippen LogP contribution in [-0.2, 0) is 0 Å². The lowest BCUT2D eigenvalue weighted by Gasteiger charge is -2.31. The number of allylic oxidation sites excluding steroid dienone is 1. The van der Waals surface area contributed by atoms with Crippen LogP contribution in [0.3, 0.4) is 0 Å². The van der Waals surface area contributed by atoms with Gasteiger partial charge in [-0.1, -0.05) is 30.3 Å². The molecule has 1 atom stereocenters. The molecule has 9 heteroatoms. The lowest BCUT2D eigenvalue weighted by Crippen LogP contribution is -2.37. The smallest absolute Gasteiger partial charge is 0.201 e. The average Bonchev–Trinajstić information content (AvgIpc) is 3.66. The van der Waals surface area contributed by atoms with Gasteiger partial charge in [0.05, 0.1) is 39.7 Å². The molecule has 0 bridgehead atoms. The molecular weight excluding hydrogens is 467 g/mol. The minimum Gasteiger partial charge on any atom is -0.345 e. The minimum atomic E-state index is -0.375. The van der Waals surface area contributed by atoms with E-state index >= 15 is 0 Å². The Hall–Kier alpha value is -5.05. The fourth-order valence-corrected chi connectivity index (χ4v) is 4.93. The zero-order chi connectivity index (χ0) is 24.9. The van der Waals surface area contributed by atoms with Gasteiger partial charge in [0.2, 0.25) is 6.29 Å². The summed E-state index contributed by atoms with van der Waals surface area (Å²) in [5.74, 6) is 0.474. The minimum absolute atomic E-state index is 0.286. The number of aryl methyl sites for hydroxylation is 1. The number of hydrogen-bond acceptors (Lipinski definition) is 6. The first-order valence-electron chi connectivity index (χ1n) is 11.9. The monoisotopic (exact) mass is 488 g/mol. The lowest BCUT2D eigenvalue weighted by molar-refractivity contribution is 0.628. The molecule has 0 radical (unpaired) electrons. The van der Waals surface area contributed by atoms with E-state index in [1.807, 2.05) is 66.2 Å². The predicted molar refractivity (Wildman–Crippen MR) is 140 cm³/mol. The van der Waals surface area contributed by atoms with Crippen molar-refractivity contribution in [2.45, 2.75) is 13.2 Å². The van der Waals surface area contributed by atoms with Crippen molar-refractivity contribution in [2.75, 3.05) is 10.2 Å². The summed E-state index contributed by atoms with van der Waals surface area (Å²) in [6.07, 6.45) is 4.84. The predicted octanol–water partition coefficient (Wildman–Crippen LogP) is 4.96. The normalized spacial score (nSPS) is 16.1. The molecule has 2 aliphatic rings. The van der Waals surface area contributed by atoms with E-state index in [1.54, 1.807) is 23.1 Å². The highest BCUT2D eigenvalue weighted by atomic mass is 19.1. The topological polar surface area (TPSA) is 76.2 Å². The van der Waals surface area contributed by atoms with Gasteiger partial charge in [0.25, 0.3) is 0 Å². The van der Waals surface area contributed by atoms with E-state index in [-0.39, 0.29) is 12.1 Å². The third-order valence-electron chi connectivity index (χ3n) is 6.56. The average molecular weight is 489 g/mol. The van der Waals surface area contributed by atoms with Gasteiger partial charge in [0.15, 0.2) is 5.82 Å². The standard InChI is InChI=1S/C28H21FN8/c1-18-26(27(35-17-30-16-31-35)37(34-18)21-7-3-2-4-8-21)25-15-23(19-11-13-20(29)14-12-19)33-28-32-22-9-5-6-10-24(22)36(25)28/h2-17,28,32H,1H3. The maximum absolute atomic E-state index is 13.7. The van der Waals surface area contributed by atoms with Crippen LogP contribution in [-0.4, -0.2) is 36.5 Å². The Morgan fingerprint density at radius 2 is 1.70 bits per heavy atom. The van der Waals surface area contributed by atoms with Crippen molar-refractivity contribution in [1.82, 2.24) is 24.5 Å². The van der Waals surface area contributed by atoms with Gasteiger partial charge in [-0.25, -0.2) is 23.7 Å². The first-order chi connectivity index (χ1) is 18.2. The van der Waals surface area contributed by atoms with Crippen LogP contribution >= 0.6 is 0 Å². The fraction of sp³-hybridized carbons (Fsp3) is 0.0714. The highest BCUT2D eigenvalue weighted by Gasteiger charge is 2.37. The van der Waals surface area contributed by atoms with Gasteiger partial charge in [0.1, 0.15) is 18.5 Å². The van der Waals surface area contributed by atoms with Gasteiger partial charge in [-0.15, -0.1) is 0 Å². The van der Waals surface area contributed by atoms with Crippen LogP contribution in [0.15, 0.2) is 103 Å². The number of aliphatic imine (C=N–C) groups is 1. The van der Waals surface area contributed by atoms with Crippen molar-refractivity contribution in [3.8, 4) is 11.5 Å². The van der Waals surface area contributed by atoms with E-state index in [9.17, 15) is 4.39 Å². The third kappa shape index (κ3) is 3.43. The summed E-state index contributed by atoms with van der Waals surface area (Å²) in [7, 11) is 0. The molecule has 180 valence electrons. The van der Waals surface area contributed by atoms with Gasteiger partial charge >= 0.3 is 0 Å². The Morgan fingerprint density at radius 1 is 0.919 bits per heavy atom. The molecule has 2 aliphatic heterocycles. The number of nitrogens with one attached hydrogen (secondary N) is 1. The second kappa shape index (κ2) is 8.27. The summed E-state index contributed by atoms with van der Waals surface area (Å²) in [6.45, 7) is 1.99. The van der Waals surface area contributed by atoms with E-state index in [2.05, 4.69) is 26.4 Å². The number of para-hydroxylation sites is 3. The van der Waals surface area contributed by atoms with Crippen molar-refractivity contribution in [2.24, 2.45) is 4.99 Å². The summed E-state index contributed by atoms with van der Waals surface area (Å²) >= 11 is 0. The molecule has 5 aromatic rings. The Bertz CT molecular complexity index is 1670. The number of fused-ring (bicyclic) bond motifs is 3. The fourth-order valence-electron chi connectivity index (χ4n) is 4.93. The molecule has 0 fully saturated rings. The van der Waals surface area contributed by atoms with Crippen LogP contribution in [0, 0.1) is 12.7 Å². The number of benzene rings is 3. The molecule has 37 heavy (non-hydrogen) atoms. The van der Waals surface area contributed by atoms with Crippen LogP contribution in [0.2, 0.25) is 0 Å². The molecule has 3 aromatic carbocycles. The maximum Gasteiger partial charge on any atom is 0.201 e. The molecule has 0 amide bonds. The second-order valence-electron chi connectivity index (χ2n) is 8.83. The molecule has 8 nitrogen and oxygen atoms in total. The van der Waals surface area contributed by atoms with E-state index in [0.29, 0.717) is 0 Å². The number of halogens is 1. The molecule has 7 rings (SSSR count). The summed E-state index contributed by atoms with van der Waals surface area (Å²) in [5, 5.41) is 12.9. The van der Waals surface area contributed by atoms with Crippen LogP contribution in [0.25, 0.3) is 17.2 Å². The molecule has 0 aliphatic carbocycles. The van der Waals surface area contributed by atoms with Crippen molar-refractivity contribution in [1.29, 1.82) is 0 Å². The summed E-state index contributed by atoms with van der Waals surface area (Å²) in [5.41, 5.74) is 7.09. The zero-order valence-electron chi connectivity index (χ0n) is 19.8. The molecule has 4 heterocycles. The van der Waals surface area contributed by atoms with Gasteiger partial charge in [-0.05, 0) is 61.5 Å². The molecule has 2 aromatic heterocycles. The van der Waals surface area contributed by atoms with Gasteiger partial charge in [-0.3, -0.25) is 4.90 Å². The summed E-state index contributed by atoms with van der Waals surface area (Å²) < 4.78 is 17.3. The quantitative estimate of drug-likeness (QED) is 0.387. The van der Waals surface area contributed by atoms with Crippen LogP contribution in [0.4, 0.5) is 15.8 Å². The number of rotatable bonds is 4. The highest BCUT2D eigenvalue weighted by Crippen LogP contribution is 2.44. The number of nitrogens with zero attached hydrogens (tertiary/aromatic N) is 7. The van der Waals surface area contributed by atoms with Crippen LogP contribution < -0.4 is 10.2 Å². The molecule has 1 N–H and O–H groups in total. The summed E-state index contributed by atoms with van der Waals surface area (Å²) in [6, 6.07) is 24.5. The molecule has 0 spiro atoms. The molecule has 1 unspecified atom stereocenters. The number of hydrogen-bond donors (Lipinski definition) is 1.